The molecule has 0 spiro atoms. The first kappa shape index (κ1) is 14.8. The lowest BCUT2D eigenvalue weighted by atomic mass is 9.98. The molecule has 104 valence electrons. The molecule has 0 radical (unpaired) electrons. The topological polar surface area (TPSA) is 61.8 Å². The molecule has 0 N–H and O–H groups in total. The fourth-order valence-electron chi connectivity index (χ4n) is 1.90. The van der Waals surface area contributed by atoms with Gasteiger partial charge in [0.15, 0.2) is 0 Å². The molecule has 1 aliphatic carbocycles. The van der Waals surface area contributed by atoms with Crippen molar-refractivity contribution >= 4 is 12.1 Å². The number of hydrogen-bond acceptors (Lipinski definition) is 5. The van der Waals surface area contributed by atoms with E-state index in [1.807, 2.05) is 13.8 Å². The average Bonchev–Trinajstić information content (AvgIpc) is 2.28. The van der Waals surface area contributed by atoms with Crippen LogP contribution in [-0.2, 0) is 19.0 Å². The molecule has 0 aromatic rings. The Balaban J connectivity index is 2.37. The average molecular weight is 258 g/mol. The van der Waals surface area contributed by atoms with Crippen LogP contribution >= 0.6 is 0 Å². The summed E-state index contributed by atoms with van der Waals surface area (Å²) in [5.74, 6) is -0.577. The summed E-state index contributed by atoms with van der Waals surface area (Å²) in [7, 11) is 0. The van der Waals surface area contributed by atoms with Gasteiger partial charge in [0.2, 0.25) is 0 Å². The van der Waals surface area contributed by atoms with Crippen molar-refractivity contribution in [2.24, 2.45) is 5.92 Å². The molecule has 0 saturated heterocycles. The molecule has 1 saturated carbocycles. The van der Waals surface area contributed by atoms with E-state index in [9.17, 15) is 9.59 Å². The lowest BCUT2D eigenvalue weighted by molar-refractivity contribution is -0.178. The first-order valence-electron chi connectivity index (χ1n) is 6.53. The molecule has 0 heterocycles. The van der Waals surface area contributed by atoms with Crippen LogP contribution in [0.4, 0.5) is 4.79 Å². The van der Waals surface area contributed by atoms with Gasteiger partial charge in [0, 0.05) is 12.8 Å². The van der Waals surface area contributed by atoms with Crippen LogP contribution in [0.15, 0.2) is 0 Å². The molecular formula is C13H22O5. The summed E-state index contributed by atoms with van der Waals surface area (Å²) in [5, 5.41) is 0. The number of rotatable bonds is 4. The lowest BCUT2D eigenvalue weighted by Gasteiger charge is -2.24. The van der Waals surface area contributed by atoms with E-state index in [2.05, 4.69) is 0 Å². The second-order valence-corrected chi connectivity index (χ2v) is 4.97. The Morgan fingerprint density at radius 2 is 1.67 bits per heavy atom. The first-order chi connectivity index (χ1) is 8.49. The molecule has 0 aliphatic heterocycles. The number of esters is 1. The van der Waals surface area contributed by atoms with Gasteiger partial charge in [0.25, 0.3) is 6.29 Å². The minimum atomic E-state index is -0.876. The van der Waals surface area contributed by atoms with E-state index in [-0.39, 0.29) is 12.0 Å². The first-order valence-corrected chi connectivity index (χ1v) is 6.53. The van der Waals surface area contributed by atoms with Crippen molar-refractivity contribution < 1.29 is 23.8 Å². The molecule has 1 fully saturated rings. The maximum absolute atomic E-state index is 11.6. The summed E-state index contributed by atoms with van der Waals surface area (Å²) in [5.41, 5.74) is 0. The molecule has 1 rings (SSSR count). The molecule has 18 heavy (non-hydrogen) atoms. The molecule has 0 unspecified atom stereocenters. The van der Waals surface area contributed by atoms with Crippen molar-refractivity contribution in [1.82, 2.24) is 0 Å². The van der Waals surface area contributed by atoms with Crippen LogP contribution < -0.4 is 0 Å². The van der Waals surface area contributed by atoms with Gasteiger partial charge in [-0.25, -0.2) is 4.79 Å². The molecule has 0 aromatic heterocycles. The maximum Gasteiger partial charge on any atom is 0.511 e. The Bertz CT molecular complexity index is 281. The zero-order valence-corrected chi connectivity index (χ0v) is 11.3. The van der Waals surface area contributed by atoms with Gasteiger partial charge < -0.3 is 14.2 Å². The molecule has 0 bridgehead atoms. The highest BCUT2D eigenvalue weighted by Gasteiger charge is 2.25. The van der Waals surface area contributed by atoms with E-state index in [0.717, 1.165) is 25.7 Å². The Morgan fingerprint density at radius 1 is 1.06 bits per heavy atom. The van der Waals surface area contributed by atoms with E-state index in [1.54, 1.807) is 0 Å². The van der Waals surface area contributed by atoms with Crippen LogP contribution in [-0.4, -0.2) is 24.5 Å². The smallest absolute Gasteiger partial charge is 0.431 e. The van der Waals surface area contributed by atoms with Crippen molar-refractivity contribution in [2.45, 2.75) is 65.3 Å². The third-order valence-electron chi connectivity index (χ3n) is 2.85. The normalized spacial score (nSPS) is 18.2. The SMILES string of the molecule is CC(=O)O[C@@H](OC(=O)OC1CCCCC1)C(C)C. The van der Waals surface area contributed by atoms with Crippen molar-refractivity contribution in [1.29, 1.82) is 0 Å². The Hall–Kier alpha value is -1.26. The highest BCUT2D eigenvalue weighted by molar-refractivity contribution is 5.66. The molecule has 5 heteroatoms. The van der Waals surface area contributed by atoms with E-state index in [4.69, 9.17) is 14.2 Å². The van der Waals surface area contributed by atoms with Gasteiger partial charge in [-0.05, 0) is 25.7 Å². The zero-order chi connectivity index (χ0) is 13.5. The Morgan fingerprint density at radius 3 is 2.17 bits per heavy atom. The largest absolute Gasteiger partial charge is 0.511 e. The molecule has 1 aliphatic rings. The van der Waals surface area contributed by atoms with Crippen LogP contribution in [0.3, 0.4) is 0 Å². The van der Waals surface area contributed by atoms with Gasteiger partial charge in [-0.15, -0.1) is 0 Å². The lowest BCUT2D eigenvalue weighted by Crippen LogP contribution is -2.31. The summed E-state index contributed by atoms with van der Waals surface area (Å²) >= 11 is 0. The summed E-state index contributed by atoms with van der Waals surface area (Å²) in [6, 6.07) is 0. The van der Waals surface area contributed by atoms with Gasteiger partial charge >= 0.3 is 12.1 Å². The number of carbonyl (C=O) groups excluding carboxylic acids is 2. The molecule has 1 atom stereocenters. The van der Waals surface area contributed by atoms with Gasteiger partial charge in [-0.2, -0.15) is 0 Å². The highest BCUT2D eigenvalue weighted by Crippen LogP contribution is 2.21. The Labute approximate surface area is 108 Å². The zero-order valence-electron chi connectivity index (χ0n) is 11.3. The third-order valence-corrected chi connectivity index (χ3v) is 2.85. The van der Waals surface area contributed by atoms with Crippen LogP contribution in [0.5, 0.6) is 0 Å². The van der Waals surface area contributed by atoms with Crippen molar-refractivity contribution in [3.8, 4) is 0 Å². The maximum atomic E-state index is 11.6. The van der Waals surface area contributed by atoms with Gasteiger partial charge in [0.1, 0.15) is 6.10 Å². The summed E-state index contributed by atoms with van der Waals surface area (Å²) in [4.78, 5) is 22.4. The summed E-state index contributed by atoms with van der Waals surface area (Å²) < 4.78 is 15.1. The molecular weight excluding hydrogens is 236 g/mol. The summed E-state index contributed by atoms with van der Waals surface area (Å²) in [6.45, 7) is 4.90. The monoisotopic (exact) mass is 258 g/mol. The van der Waals surface area contributed by atoms with E-state index >= 15 is 0 Å². The van der Waals surface area contributed by atoms with Crippen LogP contribution in [0.25, 0.3) is 0 Å². The molecule has 0 aromatic carbocycles. The third kappa shape index (κ3) is 5.38. The van der Waals surface area contributed by atoms with Gasteiger partial charge in [0.05, 0.1) is 0 Å². The highest BCUT2D eigenvalue weighted by atomic mass is 16.8. The molecule has 5 nitrogen and oxygen atoms in total. The van der Waals surface area contributed by atoms with E-state index in [1.165, 1.54) is 13.3 Å². The van der Waals surface area contributed by atoms with Gasteiger partial charge in [-0.3, -0.25) is 4.79 Å². The number of ether oxygens (including phenoxy) is 3. The van der Waals surface area contributed by atoms with Crippen molar-refractivity contribution in [3.05, 3.63) is 0 Å². The second kappa shape index (κ2) is 7.24. The number of hydrogen-bond donors (Lipinski definition) is 0. The fraction of sp³-hybridized carbons (Fsp3) is 0.846. The predicted octanol–water partition coefficient (Wildman–Crippen LogP) is 3.02. The quantitative estimate of drug-likeness (QED) is 0.573. The fourth-order valence-corrected chi connectivity index (χ4v) is 1.90. The van der Waals surface area contributed by atoms with Crippen molar-refractivity contribution in [3.63, 3.8) is 0 Å². The van der Waals surface area contributed by atoms with E-state index < -0.39 is 18.4 Å². The van der Waals surface area contributed by atoms with Crippen LogP contribution in [0.2, 0.25) is 0 Å². The number of carbonyl (C=O) groups is 2. The van der Waals surface area contributed by atoms with Crippen molar-refractivity contribution in [2.75, 3.05) is 0 Å². The minimum absolute atomic E-state index is 0.0589. The predicted molar refractivity (Wildman–Crippen MR) is 64.8 cm³/mol. The standard InChI is InChI=1S/C13H22O5/c1-9(2)12(16-10(3)14)18-13(15)17-11-7-5-4-6-8-11/h9,11-12H,4-8H2,1-3H3/t12-/m0/s1. The summed E-state index contributed by atoms with van der Waals surface area (Å²) in [6.07, 6.45) is 3.43. The van der Waals surface area contributed by atoms with Crippen LogP contribution in [0, 0.1) is 5.92 Å². The second-order valence-electron chi connectivity index (χ2n) is 4.97. The minimum Gasteiger partial charge on any atom is -0.431 e. The van der Waals surface area contributed by atoms with Crippen LogP contribution in [0.1, 0.15) is 52.9 Å². The molecule has 0 amide bonds. The van der Waals surface area contributed by atoms with Gasteiger partial charge in [-0.1, -0.05) is 20.3 Å². The Kier molecular flexibility index (Phi) is 5.95. The van der Waals surface area contributed by atoms with E-state index in [0.29, 0.717) is 0 Å².